The zero-order chi connectivity index (χ0) is 17.2. The molecule has 0 aliphatic rings. The molecule has 2 heteroatoms. The number of fused-ring (bicyclic) bond motifs is 1. The molecule has 0 atom stereocenters. The Labute approximate surface area is 147 Å². The first-order chi connectivity index (χ1) is 12.2. The van der Waals surface area contributed by atoms with Gasteiger partial charge < -0.3 is 4.42 Å². The summed E-state index contributed by atoms with van der Waals surface area (Å²) in [5, 5.41) is 0. The van der Waals surface area contributed by atoms with Crippen LogP contribution in [-0.2, 0) is 0 Å². The van der Waals surface area contributed by atoms with E-state index >= 15 is 0 Å². The highest BCUT2D eigenvalue weighted by molar-refractivity contribution is 5.83. The van der Waals surface area contributed by atoms with Crippen LogP contribution in [0.2, 0.25) is 0 Å². The molecule has 4 aromatic rings. The molecule has 0 aliphatic carbocycles. The molecule has 0 radical (unpaired) electrons. The molecule has 0 amide bonds. The third kappa shape index (κ3) is 3.11. The summed E-state index contributed by atoms with van der Waals surface area (Å²) in [7, 11) is 0. The van der Waals surface area contributed by atoms with Gasteiger partial charge in [-0.05, 0) is 48.2 Å². The van der Waals surface area contributed by atoms with Gasteiger partial charge in [0.2, 0.25) is 5.89 Å². The molecule has 2 nitrogen and oxygen atoms in total. The lowest BCUT2D eigenvalue weighted by molar-refractivity contribution is 0.619. The van der Waals surface area contributed by atoms with Gasteiger partial charge in [0.25, 0.3) is 0 Å². The van der Waals surface area contributed by atoms with Crippen molar-refractivity contribution in [2.24, 2.45) is 0 Å². The lowest BCUT2D eigenvalue weighted by Crippen LogP contribution is -1.88. The Kier molecular flexibility index (Phi) is 3.95. The highest BCUT2D eigenvalue weighted by Gasteiger charge is 2.13. The lowest BCUT2D eigenvalue weighted by Gasteiger charge is -2.06. The van der Waals surface area contributed by atoms with Crippen molar-refractivity contribution < 1.29 is 4.42 Å². The number of aryl methyl sites for hydroxylation is 2. The summed E-state index contributed by atoms with van der Waals surface area (Å²) in [6.45, 7) is 4.16. The molecular formula is C23H19NO. The molecule has 3 aromatic carbocycles. The van der Waals surface area contributed by atoms with Crippen LogP contribution in [0.4, 0.5) is 0 Å². The fourth-order valence-electron chi connectivity index (χ4n) is 3.02. The first kappa shape index (κ1) is 15.4. The molecule has 1 heterocycles. The summed E-state index contributed by atoms with van der Waals surface area (Å²) in [6.07, 6.45) is 4.24. The van der Waals surface area contributed by atoms with E-state index in [0.29, 0.717) is 5.89 Å². The summed E-state index contributed by atoms with van der Waals surface area (Å²) in [4.78, 5) is 4.72. The van der Waals surface area contributed by atoms with Crippen molar-refractivity contribution in [1.82, 2.24) is 4.98 Å². The third-order valence-electron chi connectivity index (χ3n) is 4.32. The maximum atomic E-state index is 6.04. The highest BCUT2D eigenvalue weighted by Crippen LogP contribution is 2.31. The Morgan fingerprint density at radius 3 is 2.52 bits per heavy atom. The molecule has 0 saturated heterocycles. The molecule has 0 bridgehead atoms. The van der Waals surface area contributed by atoms with E-state index in [1.165, 1.54) is 11.1 Å². The molecular weight excluding hydrogens is 306 g/mol. The summed E-state index contributed by atoms with van der Waals surface area (Å²) >= 11 is 0. The molecule has 0 spiro atoms. The van der Waals surface area contributed by atoms with Crippen LogP contribution in [0.15, 0.2) is 71.1 Å². The van der Waals surface area contributed by atoms with Crippen LogP contribution >= 0.6 is 0 Å². The first-order valence-electron chi connectivity index (χ1n) is 8.41. The van der Waals surface area contributed by atoms with Crippen LogP contribution in [0.5, 0.6) is 0 Å². The van der Waals surface area contributed by atoms with E-state index in [-0.39, 0.29) is 0 Å². The zero-order valence-electron chi connectivity index (χ0n) is 14.4. The molecule has 1 aromatic heterocycles. The highest BCUT2D eigenvalue weighted by atomic mass is 16.3. The van der Waals surface area contributed by atoms with Gasteiger partial charge in [-0.1, -0.05) is 66.7 Å². The van der Waals surface area contributed by atoms with E-state index in [2.05, 4.69) is 62.4 Å². The Morgan fingerprint density at radius 2 is 1.68 bits per heavy atom. The predicted molar refractivity (Wildman–Crippen MR) is 104 cm³/mol. The fraction of sp³-hybridized carbons (Fsp3) is 0.0870. The monoisotopic (exact) mass is 325 g/mol. The average molecular weight is 325 g/mol. The van der Waals surface area contributed by atoms with Crippen molar-refractivity contribution in [1.29, 1.82) is 0 Å². The fourth-order valence-corrected chi connectivity index (χ4v) is 3.02. The topological polar surface area (TPSA) is 26.0 Å². The van der Waals surface area contributed by atoms with E-state index in [1.54, 1.807) is 0 Å². The van der Waals surface area contributed by atoms with Gasteiger partial charge in [0.15, 0.2) is 5.58 Å². The molecule has 4 rings (SSSR count). The maximum Gasteiger partial charge on any atom is 0.228 e. The van der Waals surface area contributed by atoms with Crippen LogP contribution in [0.1, 0.15) is 22.3 Å². The zero-order valence-corrected chi connectivity index (χ0v) is 14.4. The van der Waals surface area contributed by atoms with Crippen molar-refractivity contribution in [2.45, 2.75) is 13.8 Å². The molecule has 25 heavy (non-hydrogen) atoms. The van der Waals surface area contributed by atoms with Crippen LogP contribution in [0, 0.1) is 13.8 Å². The minimum absolute atomic E-state index is 0.673. The van der Waals surface area contributed by atoms with Crippen molar-refractivity contribution in [2.75, 3.05) is 0 Å². The average Bonchev–Trinajstić information content (AvgIpc) is 3.03. The van der Waals surface area contributed by atoms with Gasteiger partial charge in [0.1, 0.15) is 5.52 Å². The van der Waals surface area contributed by atoms with Crippen LogP contribution in [0.25, 0.3) is 34.7 Å². The second-order valence-electron chi connectivity index (χ2n) is 6.27. The van der Waals surface area contributed by atoms with Gasteiger partial charge in [0, 0.05) is 5.56 Å². The van der Waals surface area contributed by atoms with E-state index in [0.717, 1.165) is 27.8 Å². The van der Waals surface area contributed by atoms with Gasteiger partial charge in [-0.2, -0.15) is 0 Å². The smallest absolute Gasteiger partial charge is 0.228 e. The Balaban J connectivity index is 1.82. The van der Waals surface area contributed by atoms with Gasteiger partial charge in [-0.25, -0.2) is 4.98 Å². The van der Waals surface area contributed by atoms with Crippen molar-refractivity contribution >= 4 is 23.3 Å². The van der Waals surface area contributed by atoms with E-state index in [9.17, 15) is 0 Å². The molecule has 0 aliphatic heterocycles. The molecule has 0 fully saturated rings. The Hall–Kier alpha value is -3.13. The third-order valence-corrected chi connectivity index (χ3v) is 4.32. The number of oxazole rings is 1. The summed E-state index contributed by atoms with van der Waals surface area (Å²) in [5.74, 6) is 0.673. The number of aromatic nitrogens is 1. The second kappa shape index (κ2) is 6.40. The van der Waals surface area contributed by atoms with Gasteiger partial charge in [-0.15, -0.1) is 0 Å². The second-order valence-corrected chi connectivity index (χ2v) is 6.27. The van der Waals surface area contributed by atoms with Crippen molar-refractivity contribution in [3.63, 3.8) is 0 Å². The lowest BCUT2D eigenvalue weighted by atomic mass is 10.0. The SMILES string of the molecule is Cc1ccc2oc(-c3c(C)cccc3/C=C/c3ccccc3)nc2c1. The maximum absolute atomic E-state index is 6.04. The number of hydrogen-bond donors (Lipinski definition) is 0. The van der Waals surface area contributed by atoms with Crippen molar-refractivity contribution in [3.8, 4) is 11.5 Å². The first-order valence-corrected chi connectivity index (χ1v) is 8.41. The van der Waals surface area contributed by atoms with Gasteiger partial charge in [0.05, 0.1) is 0 Å². The Morgan fingerprint density at radius 1 is 0.840 bits per heavy atom. The van der Waals surface area contributed by atoms with Gasteiger partial charge >= 0.3 is 0 Å². The molecule has 0 saturated carbocycles. The number of hydrogen-bond acceptors (Lipinski definition) is 2. The number of rotatable bonds is 3. The minimum atomic E-state index is 0.673. The summed E-state index contributed by atoms with van der Waals surface area (Å²) in [6, 6.07) is 22.6. The standard InChI is InChI=1S/C23H19NO/c1-16-11-14-21-20(15-16)24-23(25-21)22-17(2)7-6-10-19(22)13-12-18-8-4-3-5-9-18/h3-15H,1-2H3/b13-12+. The molecule has 122 valence electrons. The Bertz CT molecular complexity index is 1060. The normalized spacial score (nSPS) is 11.4. The summed E-state index contributed by atoms with van der Waals surface area (Å²) in [5.41, 5.74) is 7.37. The van der Waals surface area contributed by atoms with E-state index < -0.39 is 0 Å². The van der Waals surface area contributed by atoms with Crippen LogP contribution in [0.3, 0.4) is 0 Å². The van der Waals surface area contributed by atoms with Gasteiger partial charge in [-0.3, -0.25) is 0 Å². The van der Waals surface area contributed by atoms with E-state index in [4.69, 9.17) is 9.40 Å². The van der Waals surface area contributed by atoms with Crippen LogP contribution in [-0.4, -0.2) is 4.98 Å². The largest absolute Gasteiger partial charge is 0.436 e. The number of nitrogens with zero attached hydrogens (tertiary/aromatic N) is 1. The van der Waals surface area contributed by atoms with Crippen LogP contribution < -0.4 is 0 Å². The summed E-state index contributed by atoms with van der Waals surface area (Å²) < 4.78 is 6.04. The molecule has 0 unspecified atom stereocenters. The number of benzene rings is 3. The molecule has 0 N–H and O–H groups in total. The quantitative estimate of drug-likeness (QED) is 0.414. The van der Waals surface area contributed by atoms with E-state index in [1.807, 2.05) is 30.3 Å². The predicted octanol–water partition coefficient (Wildman–Crippen LogP) is 6.28. The van der Waals surface area contributed by atoms with Crippen molar-refractivity contribution in [3.05, 3.63) is 89.0 Å². The minimum Gasteiger partial charge on any atom is -0.436 e.